The Morgan fingerprint density at radius 1 is 1.08 bits per heavy atom. The monoisotopic (exact) mass is 397 g/mol. The second-order valence-corrected chi connectivity index (χ2v) is 7.87. The summed E-state index contributed by atoms with van der Waals surface area (Å²) in [5.74, 6) is 0.196. The lowest BCUT2D eigenvalue weighted by molar-refractivity contribution is 0.0600. The Labute approximate surface area is 158 Å². The molecule has 0 aliphatic rings. The number of benzene rings is 2. The number of carbonyl (C=O) groups is 1. The number of nitrogens with zero attached hydrogens (tertiary/aromatic N) is 1. The van der Waals surface area contributed by atoms with Gasteiger partial charge in [0.25, 0.3) is 0 Å². The zero-order valence-electron chi connectivity index (χ0n) is 14.5. The maximum atomic E-state index is 12.1. The largest absolute Gasteiger partial charge is 0.494 e. The average molecular weight is 398 g/mol. The van der Waals surface area contributed by atoms with Gasteiger partial charge in [-0.1, -0.05) is 11.6 Å². The molecule has 0 aliphatic carbocycles. The molecule has 2 aromatic carbocycles. The van der Waals surface area contributed by atoms with Crippen LogP contribution in [0.15, 0.2) is 48.5 Å². The lowest BCUT2D eigenvalue weighted by atomic mass is 10.2. The van der Waals surface area contributed by atoms with E-state index in [0.717, 1.165) is 6.26 Å². The Morgan fingerprint density at radius 2 is 1.69 bits per heavy atom. The van der Waals surface area contributed by atoms with Gasteiger partial charge in [0, 0.05) is 18.0 Å². The molecular formula is C18H20ClNO5S. The number of halogens is 1. The summed E-state index contributed by atoms with van der Waals surface area (Å²) in [6, 6.07) is 13.2. The van der Waals surface area contributed by atoms with Crippen molar-refractivity contribution < 1.29 is 22.7 Å². The lowest BCUT2D eigenvalue weighted by Crippen LogP contribution is -2.31. The number of rotatable bonds is 8. The van der Waals surface area contributed by atoms with Crippen LogP contribution in [0.5, 0.6) is 5.75 Å². The van der Waals surface area contributed by atoms with Gasteiger partial charge in [-0.3, -0.25) is 4.31 Å². The molecule has 0 N–H and O–H groups in total. The summed E-state index contributed by atoms with van der Waals surface area (Å²) in [5, 5.41) is 0.621. The second kappa shape index (κ2) is 8.91. The summed E-state index contributed by atoms with van der Waals surface area (Å²) in [4.78, 5) is 11.5. The van der Waals surface area contributed by atoms with Crippen molar-refractivity contribution >= 4 is 33.3 Å². The van der Waals surface area contributed by atoms with Crippen molar-refractivity contribution in [2.75, 3.05) is 30.8 Å². The van der Waals surface area contributed by atoms with Gasteiger partial charge in [-0.15, -0.1) is 0 Å². The van der Waals surface area contributed by atoms with E-state index in [0.29, 0.717) is 35.1 Å². The van der Waals surface area contributed by atoms with Crippen LogP contribution < -0.4 is 9.04 Å². The Balaban J connectivity index is 1.99. The molecule has 0 saturated carbocycles. The smallest absolute Gasteiger partial charge is 0.337 e. The minimum absolute atomic E-state index is 0.254. The molecule has 0 bridgehead atoms. The number of sulfonamides is 1. The van der Waals surface area contributed by atoms with Gasteiger partial charge in [0.05, 0.1) is 31.2 Å². The average Bonchev–Trinajstić information content (AvgIpc) is 2.61. The number of hydrogen-bond acceptors (Lipinski definition) is 5. The maximum absolute atomic E-state index is 12.1. The van der Waals surface area contributed by atoms with Crippen molar-refractivity contribution in [1.82, 2.24) is 0 Å². The van der Waals surface area contributed by atoms with E-state index in [2.05, 4.69) is 4.74 Å². The lowest BCUT2D eigenvalue weighted by Gasteiger charge is -2.22. The third-order valence-corrected chi connectivity index (χ3v) is 5.01. The topological polar surface area (TPSA) is 72.9 Å². The fourth-order valence-electron chi connectivity index (χ4n) is 2.30. The Morgan fingerprint density at radius 3 is 2.23 bits per heavy atom. The highest BCUT2D eigenvalue weighted by molar-refractivity contribution is 7.92. The van der Waals surface area contributed by atoms with Gasteiger partial charge in [0.2, 0.25) is 10.0 Å². The first-order valence-corrected chi connectivity index (χ1v) is 10.1. The molecule has 0 aliphatic heterocycles. The zero-order chi connectivity index (χ0) is 19.2. The van der Waals surface area contributed by atoms with Crippen LogP contribution in [0.4, 0.5) is 5.69 Å². The molecule has 140 valence electrons. The molecule has 26 heavy (non-hydrogen) atoms. The van der Waals surface area contributed by atoms with Crippen molar-refractivity contribution in [3.05, 3.63) is 59.1 Å². The first-order valence-electron chi connectivity index (χ1n) is 7.86. The minimum atomic E-state index is -3.46. The van der Waals surface area contributed by atoms with Crippen LogP contribution in [-0.2, 0) is 14.8 Å². The molecule has 6 nitrogen and oxygen atoms in total. The molecule has 0 atom stereocenters. The molecular weight excluding hydrogens is 378 g/mol. The molecule has 0 amide bonds. The van der Waals surface area contributed by atoms with Crippen LogP contribution in [0.2, 0.25) is 5.02 Å². The summed E-state index contributed by atoms with van der Waals surface area (Å²) in [6.07, 6.45) is 1.63. The summed E-state index contributed by atoms with van der Waals surface area (Å²) >= 11 is 5.81. The van der Waals surface area contributed by atoms with E-state index in [1.165, 1.54) is 23.5 Å². The minimum Gasteiger partial charge on any atom is -0.494 e. The second-order valence-electron chi connectivity index (χ2n) is 5.53. The number of ether oxygens (including phenoxy) is 2. The predicted octanol–water partition coefficient (Wildman–Crippen LogP) is 3.36. The van der Waals surface area contributed by atoms with Gasteiger partial charge in [0.1, 0.15) is 5.75 Å². The summed E-state index contributed by atoms with van der Waals surface area (Å²) in [5.41, 5.74) is 0.836. The Bertz CT molecular complexity index is 835. The molecule has 0 spiro atoms. The van der Waals surface area contributed by atoms with E-state index in [4.69, 9.17) is 16.3 Å². The van der Waals surface area contributed by atoms with Gasteiger partial charge in [-0.05, 0) is 48.5 Å². The third-order valence-electron chi connectivity index (χ3n) is 3.56. The number of esters is 1. The van der Waals surface area contributed by atoms with Gasteiger partial charge in [-0.2, -0.15) is 0 Å². The zero-order valence-corrected chi connectivity index (χ0v) is 16.1. The summed E-state index contributed by atoms with van der Waals surface area (Å²) in [7, 11) is -2.17. The molecule has 0 unspecified atom stereocenters. The number of hydrogen-bond donors (Lipinski definition) is 0. The number of anilines is 1. The van der Waals surface area contributed by atoms with Crippen molar-refractivity contribution in [3.63, 3.8) is 0 Å². The van der Waals surface area contributed by atoms with E-state index in [9.17, 15) is 13.2 Å². The maximum Gasteiger partial charge on any atom is 0.337 e. The molecule has 0 aromatic heterocycles. The summed E-state index contributed by atoms with van der Waals surface area (Å²) < 4.78 is 35.7. The fourth-order valence-corrected chi connectivity index (χ4v) is 3.39. The van der Waals surface area contributed by atoms with Gasteiger partial charge < -0.3 is 9.47 Å². The highest BCUT2D eigenvalue weighted by Crippen LogP contribution is 2.20. The van der Waals surface area contributed by atoms with Gasteiger partial charge >= 0.3 is 5.97 Å². The molecule has 2 aromatic rings. The van der Waals surface area contributed by atoms with Crippen LogP contribution in [0.3, 0.4) is 0 Å². The van der Waals surface area contributed by atoms with Gasteiger partial charge in [-0.25, -0.2) is 13.2 Å². The molecule has 2 rings (SSSR count). The van der Waals surface area contributed by atoms with E-state index in [-0.39, 0.29) is 6.54 Å². The van der Waals surface area contributed by atoms with Crippen molar-refractivity contribution in [1.29, 1.82) is 0 Å². The van der Waals surface area contributed by atoms with Crippen LogP contribution in [0, 0.1) is 0 Å². The Kier molecular flexibility index (Phi) is 6.88. The SMILES string of the molecule is COC(=O)c1ccc(N(CCCOc2ccc(Cl)cc2)S(C)(=O)=O)cc1. The molecule has 0 radical (unpaired) electrons. The van der Waals surface area contributed by atoms with E-state index < -0.39 is 16.0 Å². The highest BCUT2D eigenvalue weighted by Gasteiger charge is 2.17. The summed E-state index contributed by atoms with van der Waals surface area (Å²) in [6.45, 7) is 0.609. The van der Waals surface area contributed by atoms with Crippen LogP contribution in [-0.4, -0.2) is 40.9 Å². The molecule has 8 heteroatoms. The first-order chi connectivity index (χ1) is 12.3. The Hall–Kier alpha value is -2.25. The van der Waals surface area contributed by atoms with Crippen molar-refractivity contribution in [2.45, 2.75) is 6.42 Å². The standard InChI is InChI=1S/C18H20ClNO5S/c1-24-18(21)14-4-8-16(9-5-14)20(26(2,22)23)12-3-13-25-17-10-6-15(19)7-11-17/h4-11H,3,12-13H2,1-2H3. The van der Waals surface area contributed by atoms with Crippen LogP contribution in [0.1, 0.15) is 16.8 Å². The predicted molar refractivity (Wildman–Crippen MR) is 102 cm³/mol. The number of carbonyl (C=O) groups excluding carboxylic acids is 1. The molecule has 0 fully saturated rings. The van der Waals surface area contributed by atoms with Crippen molar-refractivity contribution in [3.8, 4) is 5.75 Å². The quantitative estimate of drug-likeness (QED) is 0.504. The van der Waals surface area contributed by atoms with Gasteiger partial charge in [0.15, 0.2) is 0 Å². The van der Waals surface area contributed by atoms with Crippen LogP contribution >= 0.6 is 11.6 Å². The first kappa shape index (κ1) is 20.1. The van der Waals surface area contributed by atoms with Crippen molar-refractivity contribution in [2.24, 2.45) is 0 Å². The third kappa shape index (κ3) is 5.64. The highest BCUT2D eigenvalue weighted by atomic mass is 35.5. The normalized spacial score (nSPS) is 11.0. The molecule has 0 saturated heterocycles. The van der Waals surface area contributed by atoms with Crippen LogP contribution in [0.25, 0.3) is 0 Å². The van der Waals surface area contributed by atoms with E-state index in [1.807, 2.05) is 0 Å². The molecule has 0 heterocycles. The van der Waals surface area contributed by atoms with E-state index in [1.54, 1.807) is 36.4 Å². The fraction of sp³-hybridized carbons (Fsp3) is 0.278. The van der Waals surface area contributed by atoms with E-state index >= 15 is 0 Å². The number of methoxy groups -OCH3 is 1.